The van der Waals surface area contributed by atoms with Gasteiger partial charge >= 0.3 is 0 Å². The van der Waals surface area contributed by atoms with E-state index >= 15 is 0 Å². The Kier molecular flexibility index (Phi) is 6.51. The summed E-state index contributed by atoms with van der Waals surface area (Å²) in [5.41, 5.74) is 1.09. The predicted octanol–water partition coefficient (Wildman–Crippen LogP) is 1.98. The lowest BCUT2D eigenvalue weighted by atomic mass is 10.2. The van der Waals surface area contributed by atoms with Gasteiger partial charge in [0.2, 0.25) is 15.9 Å². The smallest absolute Gasteiger partial charge is 0.251 e. The zero-order valence-corrected chi connectivity index (χ0v) is 15.7. The van der Waals surface area contributed by atoms with E-state index in [0.717, 1.165) is 16.6 Å². The molecule has 0 aliphatic carbocycles. The SMILES string of the molecule is CC(=O)Nc1ccc(N(CCNC(=O)c2cccc(F)c2)S(C)(=O)=O)cc1. The number of amides is 2. The third-order valence-corrected chi connectivity index (χ3v) is 4.76. The van der Waals surface area contributed by atoms with Crippen molar-refractivity contribution in [1.82, 2.24) is 5.32 Å². The third-order valence-electron chi connectivity index (χ3n) is 3.56. The average molecular weight is 393 g/mol. The first-order valence-corrected chi connectivity index (χ1v) is 9.91. The highest BCUT2D eigenvalue weighted by molar-refractivity contribution is 7.92. The Labute approximate surface area is 157 Å². The van der Waals surface area contributed by atoms with Crippen molar-refractivity contribution >= 4 is 33.2 Å². The minimum absolute atomic E-state index is 0.000622. The fourth-order valence-electron chi connectivity index (χ4n) is 2.40. The summed E-state index contributed by atoms with van der Waals surface area (Å²) < 4.78 is 38.5. The lowest BCUT2D eigenvalue weighted by Gasteiger charge is -2.23. The minimum atomic E-state index is -3.59. The first-order chi connectivity index (χ1) is 12.7. The Morgan fingerprint density at radius 1 is 1.11 bits per heavy atom. The second-order valence-corrected chi connectivity index (χ2v) is 7.74. The summed E-state index contributed by atoms with van der Waals surface area (Å²) in [6.45, 7) is 1.41. The van der Waals surface area contributed by atoms with E-state index in [1.165, 1.54) is 25.1 Å². The molecule has 144 valence electrons. The number of hydrogen-bond acceptors (Lipinski definition) is 4. The highest BCUT2D eigenvalue weighted by Gasteiger charge is 2.17. The van der Waals surface area contributed by atoms with E-state index in [0.29, 0.717) is 11.4 Å². The molecule has 0 heterocycles. The van der Waals surface area contributed by atoms with Crippen LogP contribution >= 0.6 is 0 Å². The summed E-state index contributed by atoms with van der Waals surface area (Å²) in [6, 6.07) is 11.5. The first kappa shape index (κ1) is 20.4. The molecule has 27 heavy (non-hydrogen) atoms. The van der Waals surface area contributed by atoms with E-state index in [1.54, 1.807) is 24.3 Å². The number of nitrogens with zero attached hydrogens (tertiary/aromatic N) is 1. The highest BCUT2D eigenvalue weighted by atomic mass is 32.2. The van der Waals surface area contributed by atoms with Crippen LogP contribution in [0, 0.1) is 5.82 Å². The second-order valence-electron chi connectivity index (χ2n) is 5.83. The quantitative estimate of drug-likeness (QED) is 0.752. The third kappa shape index (κ3) is 6.07. The molecule has 0 aliphatic heterocycles. The van der Waals surface area contributed by atoms with Crippen molar-refractivity contribution < 1.29 is 22.4 Å². The van der Waals surface area contributed by atoms with E-state index in [9.17, 15) is 22.4 Å². The van der Waals surface area contributed by atoms with Gasteiger partial charge in [-0.3, -0.25) is 13.9 Å². The summed E-state index contributed by atoms with van der Waals surface area (Å²) in [4.78, 5) is 23.1. The topological polar surface area (TPSA) is 95.6 Å². The van der Waals surface area contributed by atoms with Gasteiger partial charge < -0.3 is 10.6 Å². The number of halogens is 1. The first-order valence-electron chi connectivity index (χ1n) is 8.06. The van der Waals surface area contributed by atoms with Crippen LogP contribution in [0.25, 0.3) is 0 Å². The van der Waals surface area contributed by atoms with Gasteiger partial charge in [-0.05, 0) is 42.5 Å². The molecule has 0 fully saturated rings. The molecule has 2 aromatic carbocycles. The van der Waals surface area contributed by atoms with E-state index in [2.05, 4.69) is 10.6 Å². The predicted molar refractivity (Wildman–Crippen MR) is 102 cm³/mol. The number of rotatable bonds is 7. The second kappa shape index (κ2) is 8.63. The van der Waals surface area contributed by atoms with Gasteiger partial charge in [0.25, 0.3) is 5.91 Å². The number of carbonyl (C=O) groups is 2. The molecular formula is C18H20FN3O4S. The lowest BCUT2D eigenvalue weighted by molar-refractivity contribution is -0.114. The Hall–Kier alpha value is -2.94. The van der Waals surface area contributed by atoms with Crippen LogP contribution in [0.4, 0.5) is 15.8 Å². The van der Waals surface area contributed by atoms with E-state index in [4.69, 9.17) is 0 Å². The van der Waals surface area contributed by atoms with Gasteiger partial charge in [-0.2, -0.15) is 0 Å². The highest BCUT2D eigenvalue weighted by Crippen LogP contribution is 2.20. The molecule has 0 aromatic heterocycles. The summed E-state index contributed by atoms with van der Waals surface area (Å²) in [6.07, 6.45) is 1.06. The summed E-state index contributed by atoms with van der Waals surface area (Å²) in [7, 11) is -3.59. The van der Waals surface area contributed by atoms with Crippen molar-refractivity contribution in [2.24, 2.45) is 0 Å². The van der Waals surface area contributed by atoms with Gasteiger partial charge in [-0.25, -0.2) is 12.8 Å². The van der Waals surface area contributed by atoms with Crippen LogP contribution < -0.4 is 14.9 Å². The number of carbonyl (C=O) groups excluding carboxylic acids is 2. The fraction of sp³-hybridized carbons (Fsp3) is 0.222. The maximum Gasteiger partial charge on any atom is 0.251 e. The molecule has 0 saturated carbocycles. The molecule has 0 radical (unpaired) electrons. The average Bonchev–Trinajstić information content (AvgIpc) is 2.58. The van der Waals surface area contributed by atoms with Gasteiger partial charge in [-0.15, -0.1) is 0 Å². The van der Waals surface area contributed by atoms with Crippen LogP contribution in [0.2, 0.25) is 0 Å². The van der Waals surface area contributed by atoms with Crippen LogP contribution in [-0.2, 0) is 14.8 Å². The van der Waals surface area contributed by atoms with E-state index < -0.39 is 21.7 Å². The zero-order valence-electron chi connectivity index (χ0n) is 14.9. The summed E-state index contributed by atoms with van der Waals surface area (Å²) in [5, 5.41) is 5.16. The molecule has 0 unspecified atom stereocenters. The molecule has 2 aromatic rings. The monoisotopic (exact) mass is 393 g/mol. The Balaban J connectivity index is 2.05. The number of anilines is 2. The zero-order chi connectivity index (χ0) is 20.0. The van der Waals surface area contributed by atoms with Gasteiger partial charge in [0.1, 0.15) is 5.82 Å². The molecule has 0 bridgehead atoms. The number of benzene rings is 2. The van der Waals surface area contributed by atoms with Crippen LogP contribution in [-0.4, -0.2) is 39.6 Å². The molecule has 0 aliphatic rings. The van der Waals surface area contributed by atoms with Crippen LogP contribution in [0.3, 0.4) is 0 Å². The summed E-state index contributed by atoms with van der Waals surface area (Å²) >= 11 is 0. The van der Waals surface area contributed by atoms with Crippen LogP contribution in [0.5, 0.6) is 0 Å². The Morgan fingerprint density at radius 2 is 1.78 bits per heavy atom. The Bertz CT molecular complexity index is 930. The molecule has 7 nitrogen and oxygen atoms in total. The molecule has 0 spiro atoms. The molecule has 2 N–H and O–H groups in total. The van der Waals surface area contributed by atoms with Crippen LogP contribution in [0.1, 0.15) is 17.3 Å². The van der Waals surface area contributed by atoms with Crippen molar-refractivity contribution in [2.45, 2.75) is 6.92 Å². The van der Waals surface area contributed by atoms with E-state index in [1.807, 2.05) is 0 Å². The van der Waals surface area contributed by atoms with Crippen molar-refractivity contribution in [1.29, 1.82) is 0 Å². The maximum atomic E-state index is 13.2. The van der Waals surface area contributed by atoms with Crippen molar-refractivity contribution in [3.8, 4) is 0 Å². The summed E-state index contributed by atoms with van der Waals surface area (Å²) in [5.74, 6) is -1.26. The molecular weight excluding hydrogens is 373 g/mol. The van der Waals surface area contributed by atoms with Gasteiger partial charge in [-0.1, -0.05) is 6.07 Å². The minimum Gasteiger partial charge on any atom is -0.350 e. The van der Waals surface area contributed by atoms with Crippen molar-refractivity contribution in [3.63, 3.8) is 0 Å². The maximum absolute atomic E-state index is 13.2. The normalized spacial score (nSPS) is 10.9. The van der Waals surface area contributed by atoms with Gasteiger partial charge in [0.05, 0.1) is 18.5 Å². The molecule has 2 rings (SSSR count). The molecule has 0 atom stereocenters. The van der Waals surface area contributed by atoms with Crippen LogP contribution in [0.15, 0.2) is 48.5 Å². The molecule has 0 saturated heterocycles. The molecule has 9 heteroatoms. The lowest BCUT2D eigenvalue weighted by Crippen LogP contribution is -2.38. The van der Waals surface area contributed by atoms with Gasteiger partial charge in [0, 0.05) is 24.7 Å². The van der Waals surface area contributed by atoms with Crippen molar-refractivity contribution in [3.05, 3.63) is 59.9 Å². The largest absolute Gasteiger partial charge is 0.350 e. The standard InChI is InChI=1S/C18H20FN3O4S/c1-13(23)21-16-6-8-17(9-7-16)22(27(2,25)26)11-10-20-18(24)14-4-3-5-15(19)12-14/h3-9,12H,10-11H2,1-2H3,(H,20,24)(H,21,23). The number of nitrogens with one attached hydrogen (secondary N) is 2. The number of sulfonamides is 1. The fourth-order valence-corrected chi connectivity index (χ4v) is 3.33. The Morgan fingerprint density at radius 3 is 2.33 bits per heavy atom. The van der Waals surface area contributed by atoms with E-state index in [-0.39, 0.29) is 24.6 Å². The van der Waals surface area contributed by atoms with Crippen molar-refractivity contribution in [2.75, 3.05) is 29.0 Å². The number of hydrogen-bond donors (Lipinski definition) is 2. The molecule has 2 amide bonds. The van der Waals surface area contributed by atoms with Gasteiger partial charge in [0.15, 0.2) is 0 Å².